The van der Waals surface area contributed by atoms with Gasteiger partial charge in [0.1, 0.15) is 11.4 Å². The molecule has 21 heavy (non-hydrogen) atoms. The summed E-state index contributed by atoms with van der Waals surface area (Å²) in [4.78, 5) is 0. The quantitative estimate of drug-likeness (QED) is 0.908. The van der Waals surface area contributed by atoms with Gasteiger partial charge in [-0.2, -0.15) is 0 Å². The van der Waals surface area contributed by atoms with Crippen LogP contribution in [0.1, 0.15) is 24.0 Å². The van der Waals surface area contributed by atoms with E-state index in [1.54, 1.807) is 12.1 Å². The molecule has 3 rings (SSSR count). The van der Waals surface area contributed by atoms with Crippen molar-refractivity contribution in [3.8, 4) is 0 Å². The van der Waals surface area contributed by atoms with Crippen LogP contribution in [0.5, 0.6) is 0 Å². The highest BCUT2D eigenvalue weighted by atomic mass is 19.1. The van der Waals surface area contributed by atoms with Gasteiger partial charge in [-0.15, -0.1) is 0 Å². The van der Waals surface area contributed by atoms with Crippen LogP contribution in [0.3, 0.4) is 0 Å². The molecule has 2 aromatic carbocycles. The van der Waals surface area contributed by atoms with Crippen LogP contribution < -0.4 is 5.32 Å². The lowest BCUT2D eigenvalue weighted by Crippen LogP contribution is -2.42. The van der Waals surface area contributed by atoms with E-state index < -0.39 is 5.60 Å². The summed E-state index contributed by atoms with van der Waals surface area (Å²) < 4.78 is 13.2. The van der Waals surface area contributed by atoms with E-state index in [1.165, 1.54) is 12.1 Å². The molecule has 1 fully saturated rings. The second-order valence-corrected chi connectivity index (χ2v) is 5.66. The van der Waals surface area contributed by atoms with Gasteiger partial charge in [-0.1, -0.05) is 42.5 Å². The molecule has 0 aromatic heterocycles. The van der Waals surface area contributed by atoms with Gasteiger partial charge >= 0.3 is 0 Å². The van der Waals surface area contributed by atoms with Gasteiger partial charge in [-0.25, -0.2) is 4.39 Å². The van der Waals surface area contributed by atoms with Crippen LogP contribution in [0.25, 0.3) is 0 Å². The van der Waals surface area contributed by atoms with E-state index in [4.69, 9.17) is 0 Å². The average molecular weight is 285 g/mol. The van der Waals surface area contributed by atoms with Gasteiger partial charge in [0.25, 0.3) is 0 Å². The number of aliphatic hydroxyl groups is 1. The maximum atomic E-state index is 13.2. The number of piperidine rings is 1. The van der Waals surface area contributed by atoms with Gasteiger partial charge in [0.05, 0.1) is 0 Å². The molecule has 1 heterocycles. The summed E-state index contributed by atoms with van der Waals surface area (Å²) in [5.41, 5.74) is 0.586. The molecule has 0 spiro atoms. The summed E-state index contributed by atoms with van der Waals surface area (Å²) in [6.45, 7) is 1.81. The molecule has 3 heteroatoms. The Balaban J connectivity index is 2.07. The highest BCUT2D eigenvalue weighted by Crippen LogP contribution is 2.40. The summed E-state index contributed by atoms with van der Waals surface area (Å²) in [7, 11) is 0. The molecule has 0 bridgehead atoms. The minimum Gasteiger partial charge on any atom is -0.380 e. The van der Waals surface area contributed by atoms with Gasteiger partial charge in [0.2, 0.25) is 0 Å². The molecule has 110 valence electrons. The average Bonchev–Trinajstić information content (AvgIpc) is 2.56. The number of rotatable bonds is 3. The largest absolute Gasteiger partial charge is 0.380 e. The Morgan fingerprint density at radius 2 is 1.48 bits per heavy atom. The molecule has 1 aliphatic heterocycles. The van der Waals surface area contributed by atoms with Gasteiger partial charge in [0, 0.05) is 0 Å². The monoisotopic (exact) mass is 285 g/mol. The van der Waals surface area contributed by atoms with Gasteiger partial charge in [0.15, 0.2) is 0 Å². The van der Waals surface area contributed by atoms with Crippen molar-refractivity contribution in [2.45, 2.75) is 18.4 Å². The van der Waals surface area contributed by atoms with Gasteiger partial charge in [-0.05, 0) is 55.1 Å². The van der Waals surface area contributed by atoms with E-state index in [-0.39, 0.29) is 11.7 Å². The topological polar surface area (TPSA) is 32.3 Å². The zero-order valence-corrected chi connectivity index (χ0v) is 11.9. The maximum absolute atomic E-state index is 13.2. The summed E-state index contributed by atoms with van der Waals surface area (Å²) in [5, 5.41) is 14.8. The predicted octanol–water partition coefficient (Wildman–Crippen LogP) is 3.06. The van der Waals surface area contributed by atoms with Crippen molar-refractivity contribution in [3.63, 3.8) is 0 Å². The fraction of sp³-hybridized carbons (Fsp3) is 0.333. The van der Waals surface area contributed by atoms with Crippen molar-refractivity contribution >= 4 is 0 Å². The molecule has 0 unspecified atom stereocenters. The predicted molar refractivity (Wildman–Crippen MR) is 81.4 cm³/mol. The first-order valence-electron chi connectivity index (χ1n) is 7.46. The Hall–Kier alpha value is -1.71. The van der Waals surface area contributed by atoms with Crippen LogP contribution in [0.4, 0.5) is 4.39 Å². The number of benzene rings is 2. The molecular weight excluding hydrogens is 265 g/mol. The SMILES string of the molecule is O[C@](c1ccccc1)(c1ccc(F)cc1)C1CCNCC1. The van der Waals surface area contributed by atoms with E-state index in [1.807, 2.05) is 30.3 Å². The van der Waals surface area contributed by atoms with Crippen molar-refractivity contribution in [2.24, 2.45) is 5.92 Å². The van der Waals surface area contributed by atoms with Crippen LogP contribution in [0.15, 0.2) is 54.6 Å². The summed E-state index contributed by atoms with van der Waals surface area (Å²) >= 11 is 0. The molecule has 2 nitrogen and oxygen atoms in total. The molecule has 0 aliphatic carbocycles. The third kappa shape index (κ3) is 2.71. The zero-order chi connectivity index (χ0) is 14.7. The van der Waals surface area contributed by atoms with E-state index in [0.717, 1.165) is 37.1 Å². The molecule has 2 N–H and O–H groups in total. The molecule has 0 saturated carbocycles. The number of nitrogens with one attached hydrogen (secondary N) is 1. The minimum atomic E-state index is -1.06. The smallest absolute Gasteiger partial charge is 0.123 e. The minimum absolute atomic E-state index is 0.131. The maximum Gasteiger partial charge on any atom is 0.123 e. The summed E-state index contributed by atoms with van der Waals surface area (Å²) in [5.74, 6) is -0.147. The number of hydrogen-bond donors (Lipinski definition) is 2. The summed E-state index contributed by atoms with van der Waals surface area (Å²) in [6.07, 6.45) is 1.81. The second-order valence-electron chi connectivity index (χ2n) is 5.66. The Bertz CT molecular complexity index is 578. The van der Waals surface area contributed by atoms with E-state index in [0.29, 0.717) is 0 Å². The first-order chi connectivity index (χ1) is 10.2. The van der Waals surface area contributed by atoms with E-state index >= 15 is 0 Å². The standard InChI is InChI=1S/C18H20FNO/c19-17-8-6-15(7-9-17)18(21,14-4-2-1-3-5-14)16-10-12-20-13-11-16/h1-9,16,20-21H,10-13H2/t18-/m1/s1. The van der Waals surface area contributed by atoms with Gasteiger partial charge < -0.3 is 10.4 Å². The molecule has 2 aromatic rings. The Morgan fingerprint density at radius 3 is 2.10 bits per heavy atom. The Morgan fingerprint density at radius 1 is 0.905 bits per heavy atom. The first-order valence-corrected chi connectivity index (χ1v) is 7.46. The number of hydrogen-bond acceptors (Lipinski definition) is 2. The molecule has 1 atom stereocenters. The van der Waals surface area contributed by atoms with Crippen molar-refractivity contribution in [2.75, 3.05) is 13.1 Å². The van der Waals surface area contributed by atoms with Gasteiger partial charge in [-0.3, -0.25) is 0 Å². The van der Waals surface area contributed by atoms with Crippen molar-refractivity contribution in [3.05, 3.63) is 71.5 Å². The lowest BCUT2D eigenvalue weighted by molar-refractivity contribution is 0.00231. The Kier molecular flexibility index (Phi) is 4.04. The molecule has 0 radical (unpaired) electrons. The third-order valence-electron chi connectivity index (χ3n) is 4.43. The molecule has 1 saturated heterocycles. The Labute approximate surface area is 124 Å². The van der Waals surface area contributed by atoms with Crippen LogP contribution >= 0.6 is 0 Å². The fourth-order valence-corrected chi connectivity index (χ4v) is 3.27. The van der Waals surface area contributed by atoms with Crippen LogP contribution in [0.2, 0.25) is 0 Å². The van der Waals surface area contributed by atoms with Crippen LogP contribution in [-0.4, -0.2) is 18.2 Å². The zero-order valence-electron chi connectivity index (χ0n) is 11.9. The molecule has 1 aliphatic rings. The van der Waals surface area contributed by atoms with Crippen molar-refractivity contribution in [1.29, 1.82) is 0 Å². The van der Waals surface area contributed by atoms with Crippen molar-refractivity contribution in [1.82, 2.24) is 5.32 Å². The highest BCUT2D eigenvalue weighted by molar-refractivity contribution is 5.37. The molecule has 0 amide bonds. The first kappa shape index (κ1) is 14.2. The third-order valence-corrected chi connectivity index (χ3v) is 4.43. The normalized spacial score (nSPS) is 19.1. The second kappa shape index (κ2) is 5.96. The van der Waals surface area contributed by atoms with Crippen molar-refractivity contribution < 1.29 is 9.50 Å². The highest BCUT2D eigenvalue weighted by Gasteiger charge is 2.40. The summed E-state index contributed by atoms with van der Waals surface area (Å²) in [6, 6.07) is 16.0. The van der Waals surface area contributed by atoms with E-state index in [2.05, 4.69) is 5.32 Å². The lowest BCUT2D eigenvalue weighted by Gasteiger charge is -2.39. The number of halogens is 1. The van der Waals surface area contributed by atoms with Crippen LogP contribution in [-0.2, 0) is 5.60 Å². The molecular formula is C18H20FNO. The lowest BCUT2D eigenvalue weighted by atomic mass is 9.72. The van der Waals surface area contributed by atoms with Crippen LogP contribution in [0, 0.1) is 11.7 Å². The fourth-order valence-electron chi connectivity index (χ4n) is 3.27. The van der Waals surface area contributed by atoms with E-state index in [9.17, 15) is 9.50 Å².